The highest BCUT2D eigenvalue weighted by atomic mass is 127. The first-order valence-electron chi connectivity index (χ1n) is 9.57. The summed E-state index contributed by atoms with van der Waals surface area (Å²) in [7, 11) is 1.57. The molecule has 3 aromatic rings. The Morgan fingerprint density at radius 2 is 1.88 bits per heavy atom. The fourth-order valence-corrected chi connectivity index (χ4v) is 4.58. The van der Waals surface area contributed by atoms with Crippen LogP contribution in [0, 0.1) is 3.57 Å². The Kier molecular flexibility index (Phi) is 7.63. The minimum atomic E-state index is -0.569. The molecule has 0 unspecified atom stereocenters. The fourth-order valence-electron chi connectivity index (χ4n) is 3.04. The van der Waals surface area contributed by atoms with Gasteiger partial charge in [0.1, 0.15) is 6.61 Å². The van der Waals surface area contributed by atoms with Gasteiger partial charge in [0, 0.05) is 9.50 Å². The highest BCUT2D eigenvalue weighted by Crippen LogP contribution is 2.36. The summed E-state index contributed by atoms with van der Waals surface area (Å²) in [5, 5.41) is 0.826. The van der Waals surface area contributed by atoms with Gasteiger partial charge >= 0.3 is 5.97 Å². The third kappa shape index (κ3) is 5.71. The Balaban J connectivity index is 1.60. The van der Waals surface area contributed by atoms with Crippen LogP contribution in [-0.4, -0.2) is 19.0 Å². The third-order valence-electron chi connectivity index (χ3n) is 4.63. The van der Waals surface area contributed by atoms with E-state index in [0.717, 1.165) is 13.6 Å². The van der Waals surface area contributed by atoms with Crippen molar-refractivity contribution in [3.05, 3.63) is 95.1 Å². The lowest BCUT2D eigenvalue weighted by Crippen LogP contribution is -2.06. The van der Waals surface area contributed by atoms with Gasteiger partial charge in [-0.15, -0.1) is 0 Å². The van der Waals surface area contributed by atoms with Crippen LogP contribution in [0.15, 0.2) is 69.8 Å². The second kappa shape index (κ2) is 10.5. The van der Waals surface area contributed by atoms with E-state index in [0.29, 0.717) is 39.3 Å². The highest BCUT2D eigenvalue weighted by molar-refractivity contribution is 14.1. The van der Waals surface area contributed by atoms with E-state index in [9.17, 15) is 4.79 Å². The first-order valence-corrected chi connectivity index (χ1v) is 12.2. The van der Waals surface area contributed by atoms with E-state index in [1.165, 1.54) is 0 Å². The number of rotatable bonds is 6. The zero-order valence-corrected chi connectivity index (χ0v) is 22.3. The van der Waals surface area contributed by atoms with Crippen molar-refractivity contribution < 1.29 is 19.0 Å². The minimum Gasteiger partial charge on any atom is -0.493 e. The lowest BCUT2D eigenvalue weighted by atomic mass is 10.1. The van der Waals surface area contributed by atoms with Crippen LogP contribution >= 0.6 is 61.7 Å². The molecule has 0 aromatic heterocycles. The van der Waals surface area contributed by atoms with Crippen LogP contribution in [0.4, 0.5) is 0 Å². The summed E-state index contributed by atoms with van der Waals surface area (Å²) < 4.78 is 18.7. The smallest absolute Gasteiger partial charge is 0.363 e. The SMILES string of the molecule is COc1cc(/C=C2\N=C(c3ccc(Cl)cc3Cl)OC2=O)cc(I)c1OCc1ccc(Br)cc1. The lowest BCUT2D eigenvalue weighted by Gasteiger charge is -2.14. The molecule has 1 aliphatic rings. The average molecular weight is 659 g/mol. The van der Waals surface area contributed by atoms with Gasteiger partial charge in [-0.3, -0.25) is 0 Å². The number of cyclic esters (lactones) is 1. The average Bonchev–Trinajstić information content (AvgIpc) is 3.13. The number of halogens is 4. The number of carbonyl (C=O) groups excluding carboxylic acids is 1. The molecule has 3 aromatic carbocycles. The van der Waals surface area contributed by atoms with Crippen molar-refractivity contribution >= 4 is 79.7 Å². The van der Waals surface area contributed by atoms with Crippen LogP contribution < -0.4 is 9.47 Å². The number of nitrogens with zero attached hydrogens (tertiary/aromatic N) is 1. The van der Waals surface area contributed by atoms with Crippen molar-refractivity contribution in [2.75, 3.05) is 7.11 Å². The number of carbonyl (C=O) groups is 1. The maximum atomic E-state index is 12.4. The van der Waals surface area contributed by atoms with Gasteiger partial charge in [0.25, 0.3) is 0 Å². The summed E-state index contributed by atoms with van der Waals surface area (Å²) in [5.41, 5.74) is 2.38. The zero-order valence-electron chi connectivity index (χ0n) is 17.1. The molecule has 1 heterocycles. The summed E-state index contributed by atoms with van der Waals surface area (Å²) in [6.45, 7) is 0.391. The lowest BCUT2D eigenvalue weighted by molar-refractivity contribution is -0.129. The quantitative estimate of drug-likeness (QED) is 0.159. The van der Waals surface area contributed by atoms with Crippen LogP contribution in [0.5, 0.6) is 11.5 Å². The number of hydrogen-bond donors (Lipinski definition) is 0. The van der Waals surface area contributed by atoms with Crippen LogP contribution in [-0.2, 0) is 16.1 Å². The van der Waals surface area contributed by atoms with Crippen LogP contribution in [0.25, 0.3) is 6.08 Å². The second-order valence-electron chi connectivity index (χ2n) is 6.91. The number of esters is 1. The molecule has 0 saturated carbocycles. The molecule has 168 valence electrons. The summed E-state index contributed by atoms with van der Waals surface area (Å²) in [5.74, 6) is 0.723. The Morgan fingerprint density at radius 1 is 1.12 bits per heavy atom. The summed E-state index contributed by atoms with van der Waals surface area (Å²) >= 11 is 17.8. The standard InChI is InChI=1S/C24H15BrCl2INO4/c1-31-21-10-14(8-19(28)22(21)32-12-13-2-4-15(25)5-3-13)9-20-24(30)33-23(29-20)17-7-6-16(26)11-18(17)27/h2-11H,12H2,1H3/b20-9-. The maximum Gasteiger partial charge on any atom is 0.363 e. The normalized spacial score (nSPS) is 14.3. The largest absolute Gasteiger partial charge is 0.493 e. The first-order chi connectivity index (χ1) is 15.8. The van der Waals surface area contributed by atoms with E-state index in [4.69, 9.17) is 37.4 Å². The molecule has 0 N–H and O–H groups in total. The maximum absolute atomic E-state index is 12.4. The first kappa shape index (κ1) is 24.1. The number of hydrogen-bond acceptors (Lipinski definition) is 5. The van der Waals surface area contributed by atoms with Gasteiger partial charge in [0.2, 0.25) is 5.90 Å². The monoisotopic (exact) mass is 657 g/mol. The van der Waals surface area contributed by atoms with Gasteiger partial charge in [-0.2, -0.15) is 0 Å². The molecule has 5 nitrogen and oxygen atoms in total. The van der Waals surface area contributed by atoms with Gasteiger partial charge in [0.15, 0.2) is 17.2 Å². The molecular weight excluding hydrogens is 644 g/mol. The molecule has 0 saturated heterocycles. The van der Waals surface area contributed by atoms with Crippen molar-refractivity contribution in [3.8, 4) is 11.5 Å². The van der Waals surface area contributed by atoms with E-state index in [1.807, 2.05) is 30.3 Å². The van der Waals surface area contributed by atoms with Crippen molar-refractivity contribution in [2.24, 2.45) is 4.99 Å². The van der Waals surface area contributed by atoms with Crippen molar-refractivity contribution in [1.29, 1.82) is 0 Å². The van der Waals surface area contributed by atoms with Crippen molar-refractivity contribution in [1.82, 2.24) is 0 Å². The van der Waals surface area contributed by atoms with Crippen molar-refractivity contribution in [3.63, 3.8) is 0 Å². The van der Waals surface area contributed by atoms with E-state index >= 15 is 0 Å². The van der Waals surface area contributed by atoms with Crippen LogP contribution in [0.1, 0.15) is 16.7 Å². The van der Waals surface area contributed by atoms with Gasteiger partial charge in [-0.25, -0.2) is 9.79 Å². The highest BCUT2D eigenvalue weighted by Gasteiger charge is 2.26. The molecule has 0 aliphatic carbocycles. The third-order valence-corrected chi connectivity index (χ3v) is 6.51. The van der Waals surface area contributed by atoms with Crippen LogP contribution in [0.3, 0.4) is 0 Å². The topological polar surface area (TPSA) is 57.1 Å². The summed E-state index contributed by atoms with van der Waals surface area (Å²) in [4.78, 5) is 16.7. The molecule has 0 amide bonds. The van der Waals surface area contributed by atoms with Crippen LogP contribution in [0.2, 0.25) is 10.0 Å². The molecule has 4 rings (SSSR count). The van der Waals surface area contributed by atoms with Gasteiger partial charge in [-0.05, 0) is 82.3 Å². The van der Waals surface area contributed by atoms with E-state index in [2.05, 4.69) is 43.5 Å². The Hall–Kier alpha value is -2.07. The fraction of sp³-hybridized carbons (Fsp3) is 0.0833. The minimum absolute atomic E-state index is 0.129. The molecule has 0 spiro atoms. The molecule has 9 heteroatoms. The number of benzene rings is 3. The van der Waals surface area contributed by atoms with Gasteiger partial charge < -0.3 is 14.2 Å². The molecular formula is C24H15BrCl2INO4. The molecule has 0 atom stereocenters. The Bertz CT molecular complexity index is 1290. The number of ether oxygens (including phenoxy) is 3. The molecule has 0 fully saturated rings. The summed E-state index contributed by atoms with van der Waals surface area (Å²) in [6.07, 6.45) is 1.63. The molecule has 33 heavy (non-hydrogen) atoms. The molecule has 0 bridgehead atoms. The molecule has 1 aliphatic heterocycles. The Labute approximate surface area is 222 Å². The zero-order chi connectivity index (χ0) is 23.5. The second-order valence-corrected chi connectivity index (χ2v) is 9.83. The predicted octanol–water partition coefficient (Wildman–Crippen LogP) is 7.29. The predicted molar refractivity (Wildman–Crippen MR) is 141 cm³/mol. The number of methoxy groups -OCH3 is 1. The van der Waals surface area contributed by atoms with Gasteiger partial charge in [0.05, 0.1) is 21.3 Å². The van der Waals surface area contributed by atoms with Gasteiger partial charge in [-0.1, -0.05) is 51.3 Å². The van der Waals surface area contributed by atoms with Crippen molar-refractivity contribution in [2.45, 2.75) is 6.61 Å². The van der Waals surface area contributed by atoms with E-state index < -0.39 is 5.97 Å². The summed E-state index contributed by atoms with van der Waals surface area (Å²) in [6, 6.07) is 16.4. The molecule has 0 radical (unpaired) electrons. The Morgan fingerprint density at radius 3 is 2.58 bits per heavy atom. The van der Waals surface area contributed by atoms with E-state index in [1.54, 1.807) is 37.5 Å². The number of aliphatic imine (C=N–C) groups is 1. The van der Waals surface area contributed by atoms with E-state index in [-0.39, 0.29) is 11.6 Å².